The van der Waals surface area contributed by atoms with Crippen LogP contribution in [0.2, 0.25) is 0 Å². The van der Waals surface area contributed by atoms with Gasteiger partial charge in [0.25, 0.3) is 0 Å². The number of amides is 1. The molecule has 2 N–H and O–H groups in total. The topological polar surface area (TPSA) is 44.4 Å². The summed E-state index contributed by atoms with van der Waals surface area (Å²) in [7, 11) is 2.07. The van der Waals surface area contributed by atoms with Crippen molar-refractivity contribution in [1.82, 2.24) is 10.2 Å². The van der Waals surface area contributed by atoms with Gasteiger partial charge in [-0.3, -0.25) is 9.69 Å². The Bertz CT molecular complexity index is 521. The quantitative estimate of drug-likeness (QED) is 0.896. The Morgan fingerprint density at radius 3 is 3.00 bits per heavy atom. The first kappa shape index (κ1) is 15.5. The van der Waals surface area contributed by atoms with Crippen molar-refractivity contribution in [2.75, 3.05) is 32.0 Å². The summed E-state index contributed by atoms with van der Waals surface area (Å²) < 4.78 is 0. The van der Waals surface area contributed by atoms with Crippen LogP contribution in [0.4, 0.5) is 5.69 Å². The number of aryl methyl sites for hydroxylation is 2. The second kappa shape index (κ2) is 7.25. The lowest BCUT2D eigenvalue weighted by molar-refractivity contribution is -0.117. The fourth-order valence-electron chi connectivity index (χ4n) is 3.65. The molecule has 3 rings (SSSR count). The minimum atomic E-state index is 0.0950. The predicted molar refractivity (Wildman–Crippen MR) is 90.2 cm³/mol. The van der Waals surface area contributed by atoms with E-state index in [1.54, 1.807) is 0 Å². The third-order valence-electron chi connectivity index (χ3n) is 4.94. The highest BCUT2D eigenvalue weighted by Crippen LogP contribution is 2.24. The Kier molecular flexibility index (Phi) is 5.11. The monoisotopic (exact) mass is 301 g/mol. The highest BCUT2D eigenvalue weighted by Gasteiger charge is 2.19. The van der Waals surface area contributed by atoms with E-state index >= 15 is 0 Å². The first-order chi connectivity index (χ1) is 10.7. The van der Waals surface area contributed by atoms with Crippen LogP contribution in [0.3, 0.4) is 0 Å². The van der Waals surface area contributed by atoms with Gasteiger partial charge in [0.05, 0.1) is 6.54 Å². The van der Waals surface area contributed by atoms with E-state index in [1.807, 2.05) is 6.07 Å². The van der Waals surface area contributed by atoms with Crippen LogP contribution >= 0.6 is 0 Å². The van der Waals surface area contributed by atoms with E-state index in [4.69, 9.17) is 0 Å². The molecule has 1 aliphatic heterocycles. The van der Waals surface area contributed by atoms with E-state index in [9.17, 15) is 4.79 Å². The van der Waals surface area contributed by atoms with Crippen molar-refractivity contribution >= 4 is 11.6 Å². The van der Waals surface area contributed by atoms with Crippen LogP contribution in [0, 0.1) is 0 Å². The average Bonchev–Trinajstić information content (AvgIpc) is 2.79. The molecule has 1 aromatic rings. The Balaban J connectivity index is 1.53. The number of nitrogens with one attached hydrogen (secondary N) is 2. The molecule has 1 atom stereocenters. The Morgan fingerprint density at radius 1 is 1.23 bits per heavy atom. The highest BCUT2D eigenvalue weighted by molar-refractivity contribution is 5.92. The van der Waals surface area contributed by atoms with Gasteiger partial charge >= 0.3 is 0 Å². The maximum Gasteiger partial charge on any atom is 0.238 e. The zero-order chi connectivity index (χ0) is 15.4. The van der Waals surface area contributed by atoms with Gasteiger partial charge in [0.1, 0.15) is 0 Å². The molecular weight excluding hydrogens is 274 g/mol. The lowest BCUT2D eigenvalue weighted by Crippen LogP contribution is -2.38. The number of nitrogens with zero attached hydrogens (tertiary/aromatic N) is 1. The number of benzene rings is 1. The number of hydrogen-bond donors (Lipinski definition) is 2. The first-order valence-corrected chi connectivity index (χ1v) is 8.55. The van der Waals surface area contributed by atoms with Crippen LogP contribution in [0.15, 0.2) is 18.2 Å². The Labute approximate surface area is 133 Å². The predicted octanol–water partition coefficient (Wildman–Crippen LogP) is 2.19. The SMILES string of the molecule is CN(CC(=O)Nc1ccc2c(c1)CCC2)C1CCCNCC1. The van der Waals surface area contributed by atoms with E-state index in [2.05, 4.69) is 34.7 Å². The van der Waals surface area contributed by atoms with Crippen molar-refractivity contribution in [1.29, 1.82) is 0 Å². The average molecular weight is 301 g/mol. The van der Waals surface area contributed by atoms with Gasteiger partial charge in [0, 0.05) is 11.7 Å². The van der Waals surface area contributed by atoms with Crippen LogP contribution < -0.4 is 10.6 Å². The van der Waals surface area contributed by atoms with Crippen LogP contribution in [0.5, 0.6) is 0 Å². The minimum Gasteiger partial charge on any atom is -0.325 e. The number of likely N-dealkylation sites (N-methyl/N-ethyl adjacent to an activating group) is 1. The fourth-order valence-corrected chi connectivity index (χ4v) is 3.65. The van der Waals surface area contributed by atoms with Crippen LogP contribution in [-0.2, 0) is 17.6 Å². The molecule has 2 aliphatic rings. The fraction of sp³-hybridized carbons (Fsp3) is 0.611. The van der Waals surface area contributed by atoms with Gasteiger partial charge in [-0.15, -0.1) is 0 Å². The number of rotatable bonds is 4. The molecule has 1 aliphatic carbocycles. The summed E-state index contributed by atoms with van der Waals surface area (Å²) in [6.45, 7) is 2.63. The largest absolute Gasteiger partial charge is 0.325 e. The second-order valence-corrected chi connectivity index (χ2v) is 6.64. The van der Waals surface area contributed by atoms with Gasteiger partial charge in [-0.25, -0.2) is 0 Å². The van der Waals surface area contributed by atoms with E-state index in [0.29, 0.717) is 12.6 Å². The third-order valence-corrected chi connectivity index (χ3v) is 4.94. The number of hydrogen-bond acceptors (Lipinski definition) is 3. The summed E-state index contributed by atoms with van der Waals surface area (Å²) >= 11 is 0. The van der Waals surface area contributed by atoms with E-state index < -0.39 is 0 Å². The zero-order valence-electron chi connectivity index (χ0n) is 13.5. The molecule has 1 fully saturated rings. The van der Waals surface area contributed by atoms with Gasteiger partial charge in [-0.1, -0.05) is 6.07 Å². The highest BCUT2D eigenvalue weighted by atomic mass is 16.2. The molecule has 4 heteroatoms. The maximum atomic E-state index is 12.3. The van der Waals surface area contributed by atoms with Crippen LogP contribution in [-0.4, -0.2) is 43.5 Å². The molecule has 0 radical (unpaired) electrons. The summed E-state index contributed by atoms with van der Waals surface area (Å²) in [5.41, 5.74) is 3.80. The third kappa shape index (κ3) is 3.87. The zero-order valence-corrected chi connectivity index (χ0v) is 13.5. The number of fused-ring (bicyclic) bond motifs is 1. The molecule has 1 heterocycles. The molecule has 1 saturated heterocycles. The summed E-state index contributed by atoms with van der Waals surface area (Å²) in [5.74, 6) is 0.0950. The van der Waals surface area contributed by atoms with Gasteiger partial charge < -0.3 is 10.6 Å². The molecule has 0 spiro atoms. The van der Waals surface area contributed by atoms with Crippen LogP contribution in [0.1, 0.15) is 36.8 Å². The molecule has 1 unspecified atom stereocenters. The van der Waals surface area contributed by atoms with Gasteiger partial charge in [-0.05, 0) is 81.9 Å². The minimum absolute atomic E-state index is 0.0950. The smallest absolute Gasteiger partial charge is 0.238 e. The van der Waals surface area contributed by atoms with E-state index in [-0.39, 0.29) is 5.91 Å². The number of carbonyl (C=O) groups excluding carboxylic acids is 1. The van der Waals surface area contributed by atoms with E-state index in [0.717, 1.165) is 31.6 Å². The standard InChI is InChI=1S/C18H27N3O/c1-21(17-6-3-10-19-11-9-17)13-18(22)20-16-8-7-14-4-2-5-15(14)12-16/h7-8,12,17,19H,2-6,9-11,13H2,1H3,(H,20,22). The van der Waals surface area contributed by atoms with Crippen molar-refractivity contribution in [2.24, 2.45) is 0 Å². The van der Waals surface area contributed by atoms with Gasteiger partial charge in [0.2, 0.25) is 5.91 Å². The molecule has 1 amide bonds. The molecular formula is C18H27N3O. The molecule has 22 heavy (non-hydrogen) atoms. The summed E-state index contributed by atoms with van der Waals surface area (Å²) in [6.07, 6.45) is 7.07. The van der Waals surface area contributed by atoms with Crippen molar-refractivity contribution < 1.29 is 4.79 Å². The van der Waals surface area contributed by atoms with Crippen molar-refractivity contribution in [3.8, 4) is 0 Å². The summed E-state index contributed by atoms with van der Waals surface area (Å²) in [4.78, 5) is 14.5. The second-order valence-electron chi connectivity index (χ2n) is 6.64. The summed E-state index contributed by atoms with van der Waals surface area (Å²) in [6, 6.07) is 6.87. The number of carbonyl (C=O) groups is 1. The normalized spacial score (nSPS) is 21.5. The Morgan fingerprint density at radius 2 is 2.09 bits per heavy atom. The molecule has 0 saturated carbocycles. The molecule has 1 aromatic carbocycles. The van der Waals surface area contributed by atoms with Crippen molar-refractivity contribution in [3.63, 3.8) is 0 Å². The van der Waals surface area contributed by atoms with E-state index in [1.165, 1.54) is 36.8 Å². The van der Waals surface area contributed by atoms with Crippen molar-refractivity contribution in [2.45, 2.75) is 44.6 Å². The molecule has 0 bridgehead atoms. The van der Waals surface area contributed by atoms with Crippen LogP contribution in [0.25, 0.3) is 0 Å². The molecule has 120 valence electrons. The van der Waals surface area contributed by atoms with Gasteiger partial charge in [0.15, 0.2) is 0 Å². The summed E-state index contributed by atoms with van der Waals surface area (Å²) in [5, 5.41) is 6.48. The van der Waals surface area contributed by atoms with Gasteiger partial charge in [-0.2, -0.15) is 0 Å². The number of anilines is 1. The first-order valence-electron chi connectivity index (χ1n) is 8.55. The molecule has 4 nitrogen and oxygen atoms in total. The maximum absolute atomic E-state index is 12.3. The molecule has 0 aromatic heterocycles. The Hall–Kier alpha value is -1.39. The lowest BCUT2D eigenvalue weighted by Gasteiger charge is -2.26. The van der Waals surface area contributed by atoms with Crippen molar-refractivity contribution in [3.05, 3.63) is 29.3 Å². The lowest BCUT2D eigenvalue weighted by atomic mass is 10.1.